The lowest BCUT2D eigenvalue weighted by molar-refractivity contribution is -0.136. The van der Waals surface area contributed by atoms with Gasteiger partial charge in [0.15, 0.2) is 0 Å². The van der Waals surface area contributed by atoms with Gasteiger partial charge in [-0.15, -0.1) is 0 Å². The number of carbonyl (C=O) groups excluding carboxylic acids is 1. The summed E-state index contributed by atoms with van der Waals surface area (Å²) in [5.74, 6) is 1.10. The van der Waals surface area contributed by atoms with Crippen molar-refractivity contribution >= 4 is 23.8 Å². The molecule has 1 rings (SSSR count). The van der Waals surface area contributed by atoms with E-state index < -0.39 is 5.97 Å². The second kappa shape index (κ2) is 8.24. The molecule has 3 N–H and O–H groups in total. The minimum atomic E-state index is -0.895. The summed E-state index contributed by atoms with van der Waals surface area (Å²) in [4.78, 5) is 21.8. The maximum Gasteiger partial charge on any atom is 0.315 e. The van der Waals surface area contributed by atoms with Crippen molar-refractivity contribution < 1.29 is 14.7 Å². The van der Waals surface area contributed by atoms with Gasteiger partial charge in [0, 0.05) is 12.6 Å². The Bertz CT molecular complexity index is 278. The van der Waals surface area contributed by atoms with Crippen LogP contribution in [0.1, 0.15) is 32.1 Å². The quantitative estimate of drug-likeness (QED) is 0.688. The Hall–Kier alpha value is -0.910. The average molecular weight is 274 g/mol. The smallest absolute Gasteiger partial charge is 0.315 e. The van der Waals surface area contributed by atoms with Crippen LogP contribution in [-0.4, -0.2) is 41.7 Å². The van der Waals surface area contributed by atoms with Crippen molar-refractivity contribution in [2.75, 3.05) is 18.6 Å². The van der Waals surface area contributed by atoms with E-state index in [4.69, 9.17) is 5.11 Å². The minimum Gasteiger partial charge on any atom is -0.481 e. The molecule has 0 aromatic rings. The molecule has 0 aliphatic heterocycles. The number of hydrogen-bond donors (Lipinski definition) is 3. The first kappa shape index (κ1) is 15.1. The normalized spacial score (nSPS) is 23.4. The summed E-state index contributed by atoms with van der Waals surface area (Å²) in [6, 6.07) is -0.00231. The number of amides is 2. The third kappa shape index (κ3) is 6.14. The number of urea groups is 1. The zero-order chi connectivity index (χ0) is 13.4. The van der Waals surface area contributed by atoms with Crippen LogP contribution in [0.4, 0.5) is 4.79 Å². The highest BCUT2D eigenvalue weighted by Gasteiger charge is 2.21. The van der Waals surface area contributed by atoms with Crippen LogP contribution in [0.3, 0.4) is 0 Å². The third-order valence-electron chi connectivity index (χ3n) is 3.21. The number of carbonyl (C=O) groups is 2. The second-order valence-corrected chi connectivity index (χ2v) is 5.63. The van der Waals surface area contributed by atoms with Crippen molar-refractivity contribution in [3.05, 3.63) is 0 Å². The molecular weight excluding hydrogens is 252 g/mol. The highest BCUT2D eigenvalue weighted by molar-refractivity contribution is 7.98. The number of aliphatic carboxylic acids is 1. The molecule has 5 nitrogen and oxygen atoms in total. The fourth-order valence-electron chi connectivity index (χ4n) is 2.23. The number of hydrogen-bond acceptors (Lipinski definition) is 3. The van der Waals surface area contributed by atoms with Gasteiger partial charge < -0.3 is 15.7 Å². The van der Waals surface area contributed by atoms with E-state index in [1.165, 1.54) is 18.6 Å². The highest BCUT2D eigenvalue weighted by Crippen LogP contribution is 2.26. The van der Waals surface area contributed by atoms with Gasteiger partial charge in [0.1, 0.15) is 0 Å². The SMILES string of the molecule is CSCC1CCC(NC(=O)NCCC(=O)O)CC1. The van der Waals surface area contributed by atoms with Gasteiger partial charge in [-0.25, -0.2) is 4.79 Å². The minimum absolute atomic E-state index is 0.0338. The first-order valence-electron chi connectivity index (χ1n) is 6.37. The zero-order valence-corrected chi connectivity index (χ0v) is 11.6. The molecule has 0 heterocycles. The van der Waals surface area contributed by atoms with Crippen LogP contribution in [0.2, 0.25) is 0 Å². The number of nitrogens with one attached hydrogen (secondary N) is 2. The summed E-state index contributed by atoms with van der Waals surface area (Å²) >= 11 is 1.88. The summed E-state index contributed by atoms with van der Waals surface area (Å²) in [5.41, 5.74) is 0. The number of rotatable bonds is 6. The Morgan fingerprint density at radius 2 is 1.94 bits per heavy atom. The molecule has 0 saturated heterocycles. The monoisotopic (exact) mass is 274 g/mol. The van der Waals surface area contributed by atoms with Crippen molar-refractivity contribution in [3.63, 3.8) is 0 Å². The first-order valence-corrected chi connectivity index (χ1v) is 7.76. The van der Waals surface area contributed by atoms with Crippen molar-refractivity contribution in [2.45, 2.75) is 38.1 Å². The Balaban J connectivity index is 2.12. The molecule has 0 spiro atoms. The molecule has 2 amide bonds. The van der Waals surface area contributed by atoms with Gasteiger partial charge in [0.25, 0.3) is 0 Å². The Morgan fingerprint density at radius 3 is 2.50 bits per heavy atom. The number of carboxylic acids is 1. The lowest BCUT2D eigenvalue weighted by Gasteiger charge is -2.28. The second-order valence-electron chi connectivity index (χ2n) is 4.72. The molecule has 1 aliphatic rings. The van der Waals surface area contributed by atoms with E-state index in [0.717, 1.165) is 18.8 Å². The third-order valence-corrected chi connectivity index (χ3v) is 4.01. The van der Waals surface area contributed by atoms with Gasteiger partial charge >= 0.3 is 12.0 Å². The number of carboxylic acid groups (broad SMARTS) is 1. The van der Waals surface area contributed by atoms with E-state index in [2.05, 4.69) is 16.9 Å². The van der Waals surface area contributed by atoms with E-state index in [0.29, 0.717) is 0 Å². The van der Waals surface area contributed by atoms with Crippen LogP contribution >= 0.6 is 11.8 Å². The largest absolute Gasteiger partial charge is 0.481 e. The molecule has 0 atom stereocenters. The van der Waals surface area contributed by atoms with Crippen molar-refractivity contribution in [1.82, 2.24) is 10.6 Å². The van der Waals surface area contributed by atoms with Gasteiger partial charge in [0.2, 0.25) is 0 Å². The summed E-state index contributed by atoms with van der Waals surface area (Å²) in [5, 5.41) is 13.9. The van der Waals surface area contributed by atoms with Gasteiger partial charge in [-0.05, 0) is 43.6 Å². The van der Waals surface area contributed by atoms with E-state index in [-0.39, 0.29) is 25.0 Å². The van der Waals surface area contributed by atoms with Crippen LogP contribution in [0.25, 0.3) is 0 Å². The Kier molecular flexibility index (Phi) is 6.93. The molecule has 0 unspecified atom stereocenters. The molecule has 0 radical (unpaired) electrons. The topological polar surface area (TPSA) is 78.4 Å². The molecular formula is C12H22N2O3S. The van der Waals surface area contributed by atoms with Crippen LogP contribution < -0.4 is 10.6 Å². The summed E-state index contributed by atoms with van der Waals surface area (Å²) in [6.45, 7) is 0.184. The molecule has 1 saturated carbocycles. The van der Waals surface area contributed by atoms with E-state index in [1.807, 2.05) is 11.8 Å². The molecule has 18 heavy (non-hydrogen) atoms. The van der Waals surface area contributed by atoms with Crippen LogP contribution in [-0.2, 0) is 4.79 Å². The molecule has 1 fully saturated rings. The predicted octanol–water partition coefficient (Wildman–Crippen LogP) is 1.68. The molecule has 0 aromatic heterocycles. The fraction of sp³-hybridized carbons (Fsp3) is 0.833. The highest BCUT2D eigenvalue weighted by atomic mass is 32.2. The summed E-state index contributed by atoms with van der Waals surface area (Å²) in [6.07, 6.45) is 6.48. The van der Waals surface area contributed by atoms with E-state index in [9.17, 15) is 9.59 Å². The predicted molar refractivity (Wildman–Crippen MR) is 72.9 cm³/mol. The Labute approximate surface area is 112 Å². The van der Waals surface area contributed by atoms with Crippen molar-refractivity contribution in [2.24, 2.45) is 5.92 Å². The van der Waals surface area contributed by atoms with Crippen LogP contribution in [0.5, 0.6) is 0 Å². The van der Waals surface area contributed by atoms with Crippen LogP contribution in [0.15, 0.2) is 0 Å². The molecule has 0 bridgehead atoms. The molecule has 104 valence electrons. The standard InChI is InChI=1S/C12H22N2O3S/c1-18-8-9-2-4-10(5-3-9)14-12(17)13-7-6-11(15)16/h9-10H,2-8H2,1H3,(H,15,16)(H2,13,14,17). The average Bonchev–Trinajstić information content (AvgIpc) is 2.31. The van der Waals surface area contributed by atoms with Crippen LogP contribution in [0, 0.1) is 5.92 Å². The first-order chi connectivity index (χ1) is 8.61. The molecule has 0 aromatic carbocycles. The lowest BCUT2D eigenvalue weighted by Crippen LogP contribution is -2.44. The maximum atomic E-state index is 11.5. The van der Waals surface area contributed by atoms with Gasteiger partial charge in [0.05, 0.1) is 6.42 Å². The molecule has 1 aliphatic carbocycles. The van der Waals surface area contributed by atoms with Crippen molar-refractivity contribution in [1.29, 1.82) is 0 Å². The zero-order valence-electron chi connectivity index (χ0n) is 10.8. The Morgan fingerprint density at radius 1 is 1.28 bits per heavy atom. The van der Waals surface area contributed by atoms with E-state index in [1.54, 1.807) is 0 Å². The van der Waals surface area contributed by atoms with Gasteiger partial charge in [-0.1, -0.05) is 0 Å². The lowest BCUT2D eigenvalue weighted by atomic mass is 9.87. The fourth-order valence-corrected chi connectivity index (χ4v) is 3.03. The molecule has 6 heteroatoms. The number of thioether (sulfide) groups is 1. The van der Waals surface area contributed by atoms with Crippen molar-refractivity contribution in [3.8, 4) is 0 Å². The maximum absolute atomic E-state index is 11.5. The summed E-state index contributed by atoms with van der Waals surface area (Å²) < 4.78 is 0. The van der Waals surface area contributed by atoms with Gasteiger partial charge in [-0.3, -0.25) is 4.79 Å². The summed E-state index contributed by atoms with van der Waals surface area (Å²) in [7, 11) is 0. The van der Waals surface area contributed by atoms with Gasteiger partial charge in [-0.2, -0.15) is 11.8 Å². The van der Waals surface area contributed by atoms with E-state index >= 15 is 0 Å².